The molecule has 12 aromatic rings. The van der Waals surface area contributed by atoms with E-state index in [0.29, 0.717) is 148 Å². The third-order valence-corrected chi connectivity index (χ3v) is 24.7. The Morgan fingerprint density at radius 3 is 1.06 bits per heavy atom. The van der Waals surface area contributed by atoms with E-state index in [1.807, 2.05) is 89.6 Å². The minimum Gasteiger partial charge on any atom is -0.478 e. The zero-order valence-electron chi connectivity index (χ0n) is 75.3. The van der Waals surface area contributed by atoms with Gasteiger partial charge in [0.1, 0.15) is 22.7 Å². The van der Waals surface area contributed by atoms with Crippen molar-refractivity contribution in [3.63, 3.8) is 0 Å². The van der Waals surface area contributed by atoms with Crippen molar-refractivity contribution in [2.45, 2.75) is 128 Å². The number of ether oxygens (including phenoxy) is 4. The molecular weight excluding hydrogens is 1650 g/mol. The molecule has 44 nitrogen and oxygen atoms in total. The number of carbonyl (C=O) groups excluding carboxylic acids is 4. The summed E-state index contributed by atoms with van der Waals surface area (Å²) in [6, 6.07) is -0.0187. The predicted octanol–water partition coefficient (Wildman–Crippen LogP) is 6.56. The standard InChI is InChI=1S/C23H29N9O2.C21H27N9O2.C21H29N9O2.C20H27N9O2/c1-5-18(33)25-15-12-31(10-13(15)2)22-27-19(26-16-11-30(3)28-21(16)34-4)20-24-9-17(32(20)29-22)23-6-14(7-23)8-23;1-5-17(31)23-14-11-29(9-12(14)2)21-25-18(24-15-10-28(3)26-20(15)32-4)19-22-8-16(13-6-7-13)30(19)27-21;1-7-17(31)23-14-11-29(9-13(14)4)21-25-18(24-15-10-28(5)26-20(15)32-6)19-22-8-16(12(2)3)30(19)27-21;1-6-13-8-21-18-17(23-15-10-27(4)25-19(15)31-5)24-20(26-29(13)18)28-9-12(3)14(11-28)22-16(30)7-2/h5,9,11,13-15H,1,6-8,10,12H2,2-4H3,(H,25,33)(H,26,27,29);5,8,10,12-14H,1,6-7,9,11H2,2-4H3,(H,23,31)(H,24,25,27);7-8,10,12-14H,1,9,11H2,2-6H3,(H,23,31)(H,24,25,27);7-8,10,12,14H,2,6,9,11H2,1,3-5H3,(H,22,30)(H,23,24,26). The first-order valence-corrected chi connectivity index (χ1v) is 43.2. The minimum absolute atomic E-state index is 0.000290. The number of carbonyl (C=O) groups is 4. The molecule has 4 aliphatic heterocycles. The number of nitrogens with zero attached hydrogens (tertiary/aromatic N) is 28. The van der Waals surface area contributed by atoms with Crippen LogP contribution in [0.4, 0.5) is 69.8 Å². The van der Waals surface area contributed by atoms with Gasteiger partial charge in [-0.3, -0.25) is 37.9 Å². The van der Waals surface area contributed by atoms with Crippen molar-refractivity contribution in [3.8, 4) is 23.5 Å². The van der Waals surface area contributed by atoms with Crippen LogP contribution in [0.2, 0.25) is 0 Å². The molecule has 0 aromatic carbocycles. The minimum atomic E-state index is -0.178. The summed E-state index contributed by atoms with van der Waals surface area (Å²) < 4.78 is 35.7. The maximum Gasteiger partial charge on any atom is 0.256 e. The number of methoxy groups -OCH3 is 4. The van der Waals surface area contributed by atoms with Crippen molar-refractivity contribution in [1.82, 2.24) is 139 Å². The summed E-state index contributed by atoms with van der Waals surface area (Å²) in [6.45, 7) is 34.2. The Labute approximate surface area is 743 Å². The quantitative estimate of drug-likeness (QED) is 0.0240. The molecule has 8 aliphatic rings. The zero-order valence-corrected chi connectivity index (χ0v) is 75.3. The van der Waals surface area contributed by atoms with Crippen LogP contribution < -0.4 is 81.1 Å². The normalized spacial score (nSPS) is 21.3. The second-order valence-corrected chi connectivity index (χ2v) is 34.5. The molecule has 2 bridgehead atoms. The van der Waals surface area contributed by atoms with Crippen molar-refractivity contribution >= 4 is 116 Å². The third kappa shape index (κ3) is 18.1. The number of rotatable bonds is 28. The molecule has 0 spiro atoms. The molecule has 8 fully saturated rings. The zero-order chi connectivity index (χ0) is 91.1. The SMILES string of the molecule is C=CC(=O)NC1CN(c2nc(Nc3cn(C)nc3OC)c3ncc(C(C)C)n3n2)CC1C.C=CC(=O)NC1CN(c2nc(Nc3cn(C)nc3OC)c3ncc(C45CC(C4)C5)n3n2)CC1C.C=CC(=O)NC1CN(c2nc(Nc3cn(C)nc3OC)c3ncc(C4CC4)n3n2)CC1C.C=CC(=O)NC1CN(c2nc(Nc3cn(C)nc3OC)c3ncc(CC)n3n2)CC1C. The fraction of sp³-hybridized carbons (Fsp3) is 0.482. The molecule has 4 aliphatic carbocycles. The molecule has 129 heavy (non-hydrogen) atoms. The summed E-state index contributed by atoms with van der Waals surface area (Å²) in [5.74, 6) is 8.32. The van der Waals surface area contributed by atoms with Gasteiger partial charge in [0.25, 0.3) is 23.5 Å². The summed E-state index contributed by atoms with van der Waals surface area (Å²) in [5, 5.41) is 61.9. The molecule has 8 unspecified atom stereocenters. The van der Waals surface area contributed by atoms with Gasteiger partial charge in [0.15, 0.2) is 45.9 Å². The van der Waals surface area contributed by atoms with Gasteiger partial charge in [-0.15, -0.1) is 40.8 Å². The van der Waals surface area contributed by atoms with Crippen LogP contribution in [0.15, 0.2) is 100 Å². The van der Waals surface area contributed by atoms with Crippen LogP contribution in [0.1, 0.15) is 115 Å². The molecule has 680 valence electrons. The van der Waals surface area contributed by atoms with Gasteiger partial charge < -0.3 is 81.1 Å². The third-order valence-electron chi connectivity index (χ3n) is 24.7. The highest BCUT2D eigenvalue weighted by molar-refractivity contribution is 5.89. The molecule has 8 N–H and O–H groups in total. The first kappa shape index (κ1) is 87.9. The smallest absolute Gasteiger partial charge is 0.256 e. The van der Waals surface area contributed by atoms with Gasteiger partial charge in [0.05, 0.1) is 125 Å². The van der Waals surface area contributed by atoms with Crippen molar-refractivity contribution in [2.75, 3.05) is 122 Å². The number of amides is 4. The topological polar surface area (TPSA) is 458 Å². The Hall–Kier alpha value is -14.5. The maximum atomic E-state index is 11.9. The van der Waals surface area contributed by atoms with E-state index in [9.17, 15) is 19.2 Å². The van der Waals surface area contributed by atoms with Crippen LogP contribution in [0.25, 0.3) is 22.6 Å². The molecule has 4 saturated heterocycles. The van der Waals surface area contributed by atoms with E-state index in [0.717, 1.165) is 74.1 Å². The van der Waals surface area contributed by atoms with Crippen molar-refractivity contribution in [3.05, 3.63) is 123 Å². The van der Waals surface area contributed by atoms with E-state index in [-0.39, 0.29) is 82.8 Å². The van der Waals surface area contributed by atoms with Gasteiger partial charge in [-0.2, -0.15) is 19.9 Å². The summed E-state index contributed by atoms with van der Waals surface area (Å²) in [6.07, 6.45) is 26.7. The molecule has 20 rings (SSSR count). The highest BCUT2D eigenvalue weighted by Gasteiger charge is 2.59. The number of anilines is 12. The highest BCUT2D eigenvalue weighted by Crippen LogP contribution is 2.65. The van der Waals surface area contributed by atoms with Gasteiger partial charge in [-0.1, -0.05) is 74.8 Å². The van der Waals surface area contributed by atoms with Crippen molar-refractivity contribution in [1.29, 1.82) is 0 Å². The fourth-order valence-electron chi connectivity index (χ4n) is 17.4. The number of aryl methyl sites for hydroxylation is 5. The van der Waals surface area contributed by atoms with E-state index in [1.165, 1.54) is 43.6 Å². The summed E-state index contributed by atoms with van der Waals surface area (Å²) in [4.78, 5) is 93.4. The molecule has 16 heterocycles. The lowest BCUT2D eigenvalue weighted by atomic mass is 9.43. The van der Waals surface area contributed by atoms with Crippen LogP contribution in [0.3, 0.4) is 0 Å². The lowest BCUT2D eigenvalue weighted by Crippen LogP contribution is -2.55. The number of nitrogens with one attached hydrogen (secondary N) is 8. The largest absolute Gasteiger partial charge is 0.478 e. The van der Waals surface area contributed by atoms with Gasteiger partial charge in [-0.05, 0) is 98.3 Å². The average molecular weight is 1770 g/mol. The van der Waals surface area contributed by atoms with Gasteiger partial charge in [-0.25, -0.2) is 38.0 Å². The summed E-state index contributed by atoms with van der Waals surface area (Å²) >= 11 is 0. The van der Waals surface area contributed by atoms with Crippen LogP contribution in [-0.4, -0.2) is 246 Å². The van der Waals surface area contributed by atoms with Crippen LogP contribution >= 0.6 is 0 Å². The van der Waals surface area contributed by atoms with Crippen molar-refractivity contribution in [2.24, 2.45) is 57.8 Å². The first-order valence-electron chi connectivity index (χ1n) is 43.2. The Balaban J connectivity index is 0.000000126. The van der Waals surface area contributed by atoms with E-state index in [2.05, 4.69) is 172 Å². The van der Waals surface area contributed by atoms with E-state index in [4.69, 9.17) is 64.3 Å². The summed E-state index contributed by atoms with van der Waals surface area (Å²) in [7, 11) is 13.6. The second-order valence-electron chi connectivity index (χ2n) is 34.5. The Bertz CT molecular complexity index is 6030. The lowest BCUT2D eigenvalue weighted by molar-refractivity contribution is -0.118. The fourth-order valence-corrected chi connectivity index (χ4v) is 17.4. The van der Waals surface area contributed by atoms with E-state index < -0.39 is 0 Å². The second kappa shape index (κ2) is 36.4. The number of imidazole rings is 4. The molecule has 4 amide bonds. The molecule has 12 aromatic heterocycles. The Morgan fingerprint density at radius 2 is 0.736 bits per heavy atom. The first-order chi connectivity index (χ1) is 62.1. The maximum absolute atomic E-state index is 11.9. The molecule has 8 atom stereocenters. The highest BCUT2D eigenvalue weighted by atomic mass is 16.5. The van der Waals surface area contributed by atoms with Crippen LogP contribution in [0.5, 0.6) is 23.5 Å². The molecule has 4 saturated carbocycles. The van der Waals surface area contributed by atoms with Gasteiger partial charge >= 0.3 is 0 Å². The monoisotopic (exact) mass is 1760 g/mol. The van der Waals surface area contributed by atoms with Gasteiger partial charge in [0, 0.05) is 91.9 Å². The lowest BCUT2D eigenvalue weighted by Gasteiger charge is -2.61. The van der Waals surface area contributed by atoms with Gasteiger partial charge in [0.2, 0.25) is 47.4 Å². The van der Waals surface area contributed by atoms with E-state index in [1.54, 1.807) is 53.4 Å². The van der Waals surface area contributed by atoms with Crippen LogP contribution in [-0.2, 0) is 59.2 Å². The Morgan fingerprint density at radius 1 is 0.426 bits per heavy atom. The molecule has 0 radical (unpaired) electrons. The summed E-state index contributed by atoms with van der Waals surface area (Å²) in [5.41, 5.74) is 9.74. The number of aromatic nitrogens is 24. The number of hydrogen-bond acceptors (Lipinski definition) is 32. The molecular formula is C85H112N36O8. The van der Waals surface area contributed by atoms with Crippen molar-refractivity contribution < 1.29 is 38.1 Å². The number of fused-ring (bicyclic) bond motifs is 4. The van der Waals surface area contributed by atoms with Crippen LogP contribution in [0, 0.1) is 29.6 Å². The average Bonchev–Trinajstić information content (AvgIpc) is 1.68. The molecule has 44 heteroatoms. The van der Waals surface area contributed by atoms with E-state index >= 15 is 0 Å². The predicted molar refractivity (Wildman–Crippen MR) is 484 cm³/mol. The Kier molecular flexibility index (Phi) is 24.8. The number of hydrogen-bond donors (Lipinski definition) is 8.